The second-order valence-electron chi connectivity index (χ2n) is 8.08. The van der Waals surface area contributed by atoms with Gasteiger partial charge in [-0.3, -0.25) is 20.2 Å². The quantitative estimate of drug-likeness (QED) is 0.232. The third-order valence-corrected chi connectivity index (χ3v) is 6.48. The predicted octanol–water partition coefficient (Wildman–Crippen LogP) is 4.87. The van der Waals surface area contributed by atoms with E-state index in [1.165, 1.54) is 43.7 Å². The van der Waals surface area contributed by atoms with E-state index in [4.69, 9.17) is 21.7 Å². The number of carbonyl (C=O) groups excluding carboxylic acids is 2. The number of benzene rings is 2. The fourth-order valence-electron chi connectivity index (χ4n) is 4.11. The van der Waals surface area contributed by atoms with Gasteiger partial charge in [-0.1, -0.05) is 47.3 Å². The molecule has 0 spiro atoms. The molecule has 2 fully saturated rings. The van der Waals surface area contributed by atoms with Gasteiger partial charge >= 0.3 is 0 Å². The molecule has 0 aromatic heterocycles. The van der Waals surface area contributed by atoms with E-state index in [-0.39, 0.29) is 10.7 Å². The molecule has 0 bridgehead atoms. The van der Waals surface area contributed by atoms with Crippen LogP contribution in [0.5, 0.6) is 11.5 Å². The molecule has 2 amide bonds. The Morgan fingerprint density at radius 3 is 2.30 bits per heavy atom. The molecule has 4 rings (SSSR count). The van der Waals surface area contributed by atoms with Crippen LogP contribution in [0.1, 0.15) is 49.1 Å². The highest BCUT2D eigenvalue weighted by Crippen LogP contribution is 2.33. The lowest BCUT2D eigenvalue weighted by Crippen LogP contribution is -2.51. The van der Waals surface area contributed by atoms with Gasteiger partial charge in [-0.25, -0.2) is 0 Å². The average Bonchev–Trinajstić information content (AvgIpc) is 2.81. The summed E-state index contributed by atoms with van der Waals surface area (Å²) < 4.78 is 12.5. The zero-order valence-corrected chi connectivity index (χ0v) is 20.5. The molecule has 1 heterocycles. The molecule has 2 aliphatic rings. The zero-order chi connectivity index (χ0) is 23.2. The Morgan fingerprint density at radius 2 is 1.61 bits per heavy atom. The standard InChI is InChI=1S/C25H25BrN2O4S/c26-19-8-11-22(18(14-19)15-21-23(29)27-25(33)28-24(21)30)32-13-12-31-20-9-6-17(7-10-20)16-4-2-1-3-5-16/h6-11,14-16H,1-5,12-13H2,(H2,27,28,29,30,33). The number of rotatable bonds is 7. The number of hydrogen-bond donors (Lipinski definition) is 2. The van der Waals surface area contributed by atoms with Crippen LogP contribution in [0.15, 0.2) is 52.5 Å². The second kappa shape index (κ2) is 10.9. The molecule has 0 radical (unpaired) electrons. The molecular weight excluding hydrogens is 504 g/mol. The van der Waals surface area contributed by atoms with Gasteiger partial charge in [-0.05, 0) is 72.9 Å². The van der Waals surface area contributed by atoms with Crippen molar-refractivity contribution >= 4 is 51.2 Å². The number of amides is 2. The van der Waals surface area contributed by atoms with Crippen LogP contribution in [0, 0.1) is 0 Å². The van der Waals surface area contributed by atoms with Crippen LogP contribution in [0.4, 0.5) is 0 Å². The zero-order valence-electron chi connectivity index (χ0n) is 18.1. The van der Waals surface area contributed by atoms with Crippen LogP contribution in [0.25, 0.3) is 6.08 Å². The van der Waals surface area contributed by atoms with Crippen LogP contribution in [-0.4, -0.2) is 30.1 Å². The summed E-state index contributed by atoms with van der Waals surface area (Å²) in [6.45, 7) is 0.675. The summed E-state index contributed by atoms with van der Waals surface area (Å²) in [5, 5.41) is 4.86. The predicted molar refractivity (Wildman–Crippen MR) is 134 cm³/mol. The van der Waals surface area contributed by atoms with Crippen LogP contribution >= 0.6 is 28.1 Å². The van der Waals surface area contributed by atoms with Gasteiger partial charge in [-0.2, -0.15) is 0 Å². The number of thiocarbonyl (C=S) groups is 1. The molecule has 172 valence electrons. The molecule has 1 aliphatic heterocycles. The number of nitrogens with one attached hydrogen (secondary N) is 2. The number of hydrogen-bond acceptors (Lipinski definition) is 5. The molecule has 0 unspecified atom stereocenters. The van der Waals surface area contributed by atoms with Crippen LogP contribution in [0.3, 0.4) is 0 Å². The second-order valence-corrected chi connectivity index (χ2v) is 9.40. The first-order valence-corrected chi connectivity index (χ1v) is 12.2. The summed E-state index contributed by atoms with van der Waals surface area (Å²) in [5.41, 5.74) is 1.94. The van der Waals surface area contributed by atoms with Gasteiger partial charge in [0.25, 0.3) is 11.8 Å². The monoisotopic (exact) mass is 528 g/mol. The van der Waals surface area contributed by atoms with Crippen molar-refractivity contribution in [3.8, 4) is 11.5 Å². The van der Waals surface area contributed by atoms with Gasteiger partial charge in [0, 0.05) is 10.0 Å². The Hall–Kier alpha value is -2.71. The first kappa shape index (κ1) is 23.4. The van der Waals surface area contributed by atoms with E-state index in [2.05, 4.69) is 38.7 Å². The van der Waals surface area contributed by atoms with Crippen LogP contribution in [-0.2, 0) is 9.59 Å². The number of carbonyl (C=O) groups is 2. The van der Waals surface area contributed by atoms with E-state index >= 15 is 0 Å². The molecule has 33 heavy (non-hydrogen) atoms. The SMILES string of the molecule is O=C1NC(=S)NC(=O)C1=Cc1cc(Br)ccc1OCCOc1ccc(C2CCCCC2)cc1. The van der Waals surface area contributed by atoms with E-state index in [1.807, 2.05) is 18.2 Å². The van der Waals surface area contributed by atoms with Gasteiger partial charge in [0.15, 0.2) is 5.11 Å². The fraction of sp³-hybridized carbons (Fsp3) is 0.320. The van der Waals surface area contributed by atoms with Crippen molar-refractivity contribution < 1.29 is 19.1 Å². The first-order valence-electron chi connectivity index (χ1n) is 11.0. The van der Waals surface area contributed by atoms with Gasteiger partial charge in [0.2, 0.25) is 0 Å². The van der Waals surface area contributed by atoms with Gasteiger partial charge < -0.3 is 9.47 Å². The fourth-order valence-corrected chi connectivity index (χ4v) is 4.67. The van der Waals surface area contributed by atoms with Crippen molar-refractivity contribution in [1.82, 2.24) is 10.6 Å². The maximum Gasteiger partial charge on any atom is 0.263 e. The van der Waals surface area contributed by atoms with Crippen molar-refractivity contribution in [1.29, 1.82) is 0 Å². The summed E-state index contributed by atoms with van der Waals surface area (Å²) in [6.07, 6.45) is 8.02. The highest BCUT2D eigenvalue weighted by molar-refractivity contribution is 9.10. The Bertz CT molecular complexity index is 1060. The Morgan fingerprint density at radius 1 is 0.939 bits per heavy atom. The Kier molecular flexibility index (Phi) is 7.77. The largest absolute Gasteiger partial charge is 0.490 e. The number of halogens is 1. The van der Waals surface area contributed by atoms with Crippen molar-refractivity contribution in [2.24, 2.45) is 0 Å². The summed E-state index contributed by atoms with van der Waals surface area (Å²) in [7, 11) is 0. The van der Waals surface area contributed by atoms with E-state index < -0.39 is 11.8 Å². The smallest absolute Gasteiger partial charge is 0.263 e. The third kappa shape index (κ3) is 6.21. The average molecular weight is 529 g/mol. The number of ether oxygens (including phenoxy) is 2. The molecule has 1 saturated carbocycles. The summed E-state index contributed by atoms with van der Waals surface area (Å²) in [5.74, 6) is 0.924. The minimum atomic E-state index is -0.547. The summed E-state index contributed by atoms with van der Waals surface area (Å²) >= 11 is 8.25. The van der Waals surface area contributed by atoms with Crippen molar-refractivity contribution in [2.45, 2.75) is 38.0 Å². The molecule has 2 aromatic carbocycles. The van der Waals surface area contributed by atoms with Crippen LogP contribution < -0.4 is 20.1 Å². The highest BCUT2D eigenvalue weighted by Gasteiger charge is 2.26. The van der Waals surface area contributed by atoms with Gasteiger partial charge in [-0.15, -0.1) is 0 Å². The third-order valence-electron chi connectivity index (χ3n) is 5.78. The maximum atomic E-state index is 12.2. The van der Waals surface area contributed by atoms with Crippen molar-refractivity contribution in [3.63, 3.8) is 0 Å². The lowest BCUT2D eigenvalue weighted by Gasteiger charge is -2.22. The molecule has 0 atom stereocenters. The summed E-state index contributed by atoms with van der Waals surface area (Å²) in [6, 6.07) is 13.8. The van der Waals surface area contributed by atoms with E-state index in [9.17, 15) is 9.59 Å². The van der Waals surface area contributed by atoms with Crippen LogP contribution in [0.2, 0.25) is 0 Å². The highest BCUT2D eigenvalue weighted by atomic mass is 79.9. The molecular formula is C25H25BrN2O4S. The first-order chi connectivity index (χ1) is 16.0. The molecule has 2 aromatic rings. The minimum Gasteiger partial charge on any atom is -0.490 e. The van der Waals surface area contributed by atoms with Crippen molar-refractivity contribution in [3.05, 3.63) is 63.6 Å². The van der Waals surface area contributed by atoms with Gasteiger partial charge in [0.05, 0.1) is 0 Å². The lowest BCUT2D eigenvalue weighted by molar-refractivity contribution is -0.123. The van der Waals surface area contributed by atoms with E-state index in [0.717, 1.165) is 10.2 Å². The lowest BCUT2D eigenvalue weighted by atomic mass is 9.84. The van der Waals surface area contributed by atoms with Crippen molar-refractivity contribution in [2.75, 3.05) is 13.2 Å². The maximum absolute atomic E-state index is 12.2. The molecule has 1 saturated heterocycles. The molecule has 2 N–H and O–H groups in total. The van der Waals surface area contributed by atoms with Gasteiger partial charge in [0.1, 0.15) is 30.3 Å². The van der Waals surface area contributed by atoms with E-state index in [1.54, 1.807) is 12.1 Å². The molecule has 6 nitrogen and oxygen atoms in total. The Labute approximate surface area is 206 Å². The summed E-state index contributed by atoms with van der Waals surface area (Å²) in [4.78, 5) is 24.3. The molecule has 8 heteroatoms. The molecule has 1 aliphatic carbocycles. The Balaban J connectivity index is 1.35. The topological polar surface area (TPSA) is 76.7 Å². The van der Waals surface area contributed by atoms with E-state index in [0.29, 0.717) is 30.4 Å². The normalized spacial score (nSPS) is 16.8. The minimum absolute atomic E-state index is 0.00297.